The number of ether oxygens (including phenoxy) is 1. The average molecular weight is 270 g/mol. The summed E-state index contributed by atoms with van der Waals surface area (Å²) in [4.78, 5) is 0. The topological polar surface area (TPSA) is 21.3 Å². The van der Waals surface area contributed by atoms with Crippen LogP contribution in [0.2, 0.25) is 0 Å². The zero-order valence-electron chi connectivity index (χ0n) is 8.71. The van der Waals surface area contributed by atoms with Gasteiger partial charge in [0.2, 0.25) is 0 Å². The zero-order valence-corrected chi connectivity index (χ0v) is 10.3. The molecule has 1 aliphatic rings. The van der Waals surface area contributed by atoms with Crippen molar-refractivity contribution in [1.29, 1.82) is 0 Å². The lowest BCUT2D eigenvalue weighted by molar-refractivity contribution is 0.110. The van der Waals surface area contributed by atoms with Gasteiger partial charge in [-0.15, -0.1) is 0 Å². The molecular weight excluding hydrogens is 254 g/mol. The molecular formula is C12H16BrNO. The van der Waals surface area contributed by atoms with Crippen LogP contribution in [0.15, 0.2) is 28.7 Å². The fraction of sp³-hybridized carbons (Fsp3) is 0.500. The van der Waals surface area contributed by atoms with Crippen molar-refractivity contribution in [3.63, 3.8) is 0 Å². The Morgan fingerprint density at radius 1 is 1.47 bits per heavy atom. The standard InChI is InChI=1S/C12H16BrNO/c13-11-4-1-3-10(7-11)8-14-9-12-5-2-6-15-12/h1,3-4,7,12,14H,2,5-6,8-9H2/t12-/m1/s1. The summed E-state index contributed by atoms with van der Waals surface area (Å²) in [5, 5.41) is 3.42. The Hall–Kier alpha value is -0.380. The molecule has 1 heterocycles. The number of nitrogens with one attached hydrogen (secondary N) is 1. The maximum absolute atomic E-state index is 5.54. The first-order valence-electron chi connectivity index (χ1n) is 5.41. The molecule has 82 valence electrons. The van der Waals surface area contributed by atoms with E-state index in [4.69, 9.17) is 4.74 Å². The molecule has 0 amide bonds. The molecule has 3 heteroatoms. The van der Waals surface area contributed by atoms with Crippen molar-refractivity contribution < 1.29 is 4.74 Å². The van der Waals surface area contributed by atoms with Crippen LogP contribution >= 0.6 is 15.9 Å². The van der Waals surface area contributed by atoms with Crippen molar-refractivity contribution in [2.24, 2.45) is 0 Å². The lowest BCUT2D eigenvalue weighted by Crippen LogP contribution is -2.25. The first kappa shape index (κ1) is 11.1. The van der Waals surface area contributed by atoms with Gasteiger partial charge in [-0.25, -0.2) is 0 Å². The molecule has 1 N–H and O–H groups in total. The lowest BCUT2D eigenvalue weighted by atomic mass is 10.2. The van der Waals surface area contributed by atoms with E-state index in [9.17, 15) is 0 Å². The Bertz CT molecular complexity index is 310. The minimum Gasteiger partial charge on any atom is -0.377 e. The summed E-state index contributed by atoms with van der Waals surface area (Å²) in [5.41, 5.74) is 1.31. The molecule has 0 saturated carbocycles. The molecule has 0 radical (unpaired) electrons. The van der Waals surface area contributed by atoms with Crippen LogP contribution in [0.5, 0.6) is 0 Å². The largest absolute Gasteiger partial charge is 0.377 e. The highest BCUT2D eigenvalue weighted by atomic mass is 79.9. The molecule has 0 aromatic heterocycles. The van der Waals surface area contributed by atoms with Crippen molar-refractivity contribution >= 4 is 15.9 Å². The van der Waals surface area contributed by atoms with Gasteiger partial charge in [-0.3, -0.25) is 0 Å². The van der Waals surface area contributed by atoms with Crippen LogP contribution in [-0.4, -0.2) is 19.3 Å². The van der Waals surface area contributed by atoms with Gasteiger partial charge in [0.25, 0.3) is 0 Å². The Kier molecular flexibility index (Phi) is 4.18. The molecule has 1 aliphatic heterocycles. The summed E-state index contributed by atoms with van der Waals surface area (Å²) in [6, 6.07) is 8.38. The third kappa shape index (κ3) is 3.59. The third-order valence-corrected chi connectivity index (χ3v) is 3.11. The quantitative estimate of drug-likeness (QED) is 0.908. The monoisotopic (exact) mass is 269 g/mol. The van der Waals surface area contributed by atoms with E-state index < -0.39 is 0 Å². The summed E-state index contributed by atoms with van der Waals surface area (Å²) >= 11 is 3.47. The summed E-state index contributed by atoms with van der Waals surface area (Å²) < 4.78 is 6.68. The fourth-order valence-electron chi connectivity index (χ4n) is 1.83. The number of rotatable bonds is 4. The highest BCUT2D eigenvalue weighted by Gasteiger charge is 2.14. The van der Waals surface area contributed by atoms with Crippen molar-refractivity contribution in [2.45, 2.75) is 25.5 Å². The Morgan fingerprint density at radius 2 is 2.40 bits per heavy atom. The maximum atomic E-state index is 5.54. The second kappa shape index (κ2) is 5.64. The van der Waals surface area contributed by atoms with E-state index in [1.54, 1.807) is 0 Å². The van der Waals surface area contributed by atoms with Gasteiger partial charge >= 0.3 is 0 Å². The van der Waals surface area contributed by atoms with Gasteiger partial charge in [0.1, 0.15) is 0 Å². The molecule has 2 rings (SSSR count). The molecule has 2 nitrogen and oxygen atoms in total. The van der Waals surface area contributed by atoms with E-state index in [2.05, 4.69) is 39.4 Å². The van der Waals surface area contributed by atoms with Crippen molar-refractivity contribution in [1.82, 2.24) is 5.32 Å². The molecule has 1 aromatic rings. The number of halogens is 1. The number of hydrogen-bond acceptors (Lipinski definition) is 2. The van der Waals surface area contributed by atoms with Crippen LogP contribution in [0.25, 0.3) is 0 Å². The minimum atomic E-state index is 0.428. The van der Waals surface area contributed by atoms with Gasteiger partial charge in [0.15, 0.2) is 0 Å². The molecule has 0 spiro atoms. The smallest absolute Gasteiger partial charge is 0.0700 e. The third-order valence-electron chi connectivity index (χ3n) is 2.61. The Balaban J connectivity index is 1.73. The van der Waals surface area contributed by atoms with E-state index in [1.165, 1.54) is 18.4 Å². The summed E-state index contributed by atoms with van der Waals surface area (Å²) in [6.07, 6.45) is 2.84. The van der Waals surface area contributed by atoms with E-state index in [0.717, 1.165) is 24.2 Å². The summed E-state index contributed by atoms with van der Waals surface area (Å²) in [5.74, 6) is 0. The van der Waals surface area contributed by atoms with Crippen molar-refractivity contribution in [2.75, 3.05) is 13.2 Å². The lowest BCUT2D eigenvalue weighted by Gasteiger charge is -2.10. The first-order chi connectivity index (χ1) is 7.34. The molecule has 1 fully saturated rings. The molecule has 1 aromatic carbocycles. The second-order valence-corrected chi connectivity index (χ2v) is 4.81. The molecule has 1 saturated heterocycles. The minimum absolute atomic E-state index is 0.428. The van der Waals surface area contributed by atoms with E-state index in [-0.39, 0.29) is 0 Å². The van der Waals surface area contributed by atoms with Crippen LogP contribution in [0, 0.1) is 0 Å². The highest BCUT2D eigenvalue weighted by molar-refractivity contribution is 9.10. The maximum Gasteiger partial charge on any atom is 0.0700 e. The molecule has 0 bridgehead atoms. The van der Waals surface area contributed by atoms with Crippen LogP contribution in [0.3, 0.4) is 0 Å². The van der Waals surface area contributed by atoms with Crippen LogP contribution in [0.4, 0.5) is 0 Å². The van der Waals surface area contributed by atoms with Crippen molar-refractivity contribution in [3.05, 3.63) is 34.3 Å². The van der Waals surface area contributed by atoms with Gasteiger partial charge in [-0.05, 0) is 30.5 Å². The van der Waals surface area contributed by atoms with Gasteiger partial charge in [0, 0.05) is 24.2 Å². The van der Waals surface area contributed by atoms with E-state index >= 15 is 0 Å². The predicted molar refractivity (Wildman–Crippen MR) is 64.8 cm³/mol. The predicted octanol–water partition coefficient (Wildman–Crippen LogP) is 2.72. The van der Waals surface area contributed by atoms with Gasteiger partial charge in [-0.2, -0.15) is 0 Å². The van der Waals surface area contributed by atoms with E-state index in [1.807, 2.05) is 6.07 Å². The average Bonchev–Trinajstić information content (AvgIpc) is 2.71. The second-order valence-electron chi connectivity index (χ2n) is 3.90. The Morgan fingerprint density at radius 3 is 3.13 bits per heavy atom. The molecule has 0 aliphatic carbocycles. The fourth-order valence-corrected chi connectivity index (χ4v) is 2.28. The van der Waals surface area contributed by atoms with Crippen LogP contribution in [-0.2, 0) is 11.3 Å². The zero-order chi connectivity index (χ0) is 10.5. The molecule has 0 unspecified atom stereocenters. The van der Waals surface area contributed by atoms with Gasteiger partial charge in [-0.1, -0.05) is 28.1 Å². The Labute approximate surface area is 99.1 Å². The highest BCUT2D eigenvalue weighted by Crippen LogP contribution is 2.13. The first-order valence-corrected chi connectivity index (χ1v) is 6.20. The number of hydrogen-bond donors (Lipinski definition) is 1. The SMILES string of the molecule is Brc1cccc(CNC[C@H]2CCCO2)c1. The van der Waals surface area contributed by atoms with Gasteiger partial charge < -0.3 is 10.1 Å². The number of benzene rings is 1. The van der Waals surface area contributed by atoms with Crippen LogP contribution < -0.4 is 5.32 Å². The normalized spacial score (nSPS) is 20.7. The summed E-state index contributed by atoms with van der Waals surface area (Å²) in [7, 11) is 0. The molecule has 1 atom stereocenters. The van der Waals surface area contributed by atoms with Crippen molar-refractivity contribution in [3.8, 4) is 0 Å². The van der Waals surface area contributed by atoms with Crippen LogP contribution in [0.1, 0.15) is 18.4 Å². The van der Waals surface area contributed by atoms with Gasteiger partial charge in [0.05, 0.1) is 6.10 Å². The summed E-state index contributed by atoms with van der Waals surface area (Å²) in [6.45, 7) is 2.81. The molecule has 15 heavy (non-hydrogen) atoms. The van der Waals surface area contributed by atoms with E-state index in [0.29, 0.717) is 6.10 Å².